The highest BCUT2D eigenvalue weighted by Gasteiger charge is 2.48. The Bertz CT molecular complexity index is 602. The lowest BCUT2D eigenvalue weighted by atomic mass is 9.80. The molecule has 2 aliphatic rings. The van der Waals surface area contributed by atoms with E-state index in [9.17, 15) is 9.59 Å². The van der Waals surface area contributed by atoms with E-state index in [0.29, 0.717) is 18.3 Å². The Labute approximate surface area is 135 Å². The van der Waals surface area contributed by atoms with Gasteiger partial charge in [0.2, 0.25) is 5.89 Å². The van der Waals surface area contributed by atoms with Crippen LogP contribution >= 0.6 is 0 Å². The molecule has 2 fully saturated rings. The van der Waals surface area contributed by atoms with Gasteiger partial charge in [0, 0.05) is 18.9 Å². The van der Waals surface area contributed by atoms with Crippen molar-refractivity contribution in [1.29, 1.82) is 0 Å². The second-order valence-corrected chi connectivity index (χ2v) is 6.54. The molecule has 2 aliphatic heterocycles. The maximum atomic E-state index is 12.1. The number of likely N-dealkylation sites (tertiary alicyclic amines) is 1. The lowest BCUT2D eigenvalue weighted by Crippen LogP contribution is -2.55. The van der Waals surface area contributed by atoms with Crippen LogP contribution in [0.2, 0.25) is 0 Å². The van der Waals surface area contributed by atoms with Crippen LogP contribution in [0.25, 0.3) is 0 Å². The van der Waals surface area contributed by atoms with Gasteiger partial charge in [-0.15, -0.1) is 0 Å². The Morgan fingerprint density at radius 2 is 2.26 bits per heavy atom. The second-order valence-electron chi connectivity index (χ2n) is 6.54. The molecule has 2 atom stereocenters. The zero-order chi connectivity index (χ0) is 16.4. The van der Waals surface area contributed by atoms with Crippen LogP contribution in [0.4, 0.5) is 4.79 Å². The van der Waals surface area contributed by atoms with Crippen molar-refractivity contribution in [1.82, 2.24) is 25.7 Å². The van der Waals surface area contributed by atoms with Gasteiger partial charge in [0.05, 0.1) is 6.54 Å². The number of rotatable bonds is 5. The summed E-state index contributed by atoms with van der Waals surface area (Å²) in [5, 5.41) is 9.14. The molecule has 0 saturated carbocycles. The van der Waals surface area contributed by atoms with Crippen LogP contribution in [-0.2, 0) is 17.8 Å². The van der Waals surface area contributed by atoms with E-state index in [1.165, 1.54) is 0 Å². The van der Waals surface area contributed by atoms with Gasteiger partial charge in [-0.3, -0.25) is 15.0 Å². The number of urea groups is 1. The molecule has 0 unspecified atom stereocenters. The van der Waals surface area contributed by atoms with Crippen LogP contribution < -0.4 is 10.6 Å². The Kier molecular flexibility index (Phi) is 4.34. The molecule has 1 aromatic heterocycles. The lowest BCUT2D eigenvalue weighted by molar-refractivity contribution is -0.126. The Morgan fingerprint density at radius 1 is 1.43 bits per heavy atom. The molecule has 0 aromatic carbocycles. The molecule has 3 amide bonds. The normalized spacial score (nSPS) is 28.7. The SMILES string of the molecule is CCCc1nc(CN2CCC[C@H]([C@@]3(C)NC(=O)NC3=O)C2)no1. The van der Waals surface area contributed by atoms with Crippen molar-refractivity contribution in [3.05, 3.63) is 11.7 Å². The standard InChI is InChI=1S/C15H23N5O3/c1-3-5-12-16-11(19-23-12)9-20-7-4-6-10(8-20)15(2)13(21)17-14(22)18-15/h10H,3-9H2,1-2H3,(H2,17,18,21,22)/t10-,15+/m0/s1. The number of hydrogen-bond donors (Lipinski definition) is 2. The van der Waals surface area contributed by atoms with Gasteiger partial charge < -0.3 is 9.84 Å². The van der Waals surface area contributed by atoms with Crippen molar-refractivity contribution < 1.29 is 14.1 Å². The molecule has 2 saturated heterocycles. The number of aryl methyl sites for hydroxylation is 1. The number of nitrogens with zero attached hydrogens (tertiary/aromatic N) is 3. The van der Waals surface area contributed by atoms with Gasteiger partial charge in [0.25, 0.3) is 5.91 Å². The van der Waals surface area contributed by atoms with Crippen molar-refractivity contribution in [2.45, 2.75) is 51.6 Å². The van der Waals surface area contributed by atoms with Gasteiger partial charge in [-0.1, -0.05) is 12.1 Å². The first kappa shape index (κ1) is 15.9. The van der Waals surface area contributed by atoms with Gasteiger partial charge in [0.1, 0.15) is 5.54 Å². The summed E-state index contributed by atoms with van der Waals surface area (Å²) in [6.07, 6.45) is 3.65. The summed E-state index contributed by atoms with van der Waals surface area (Å²) in [6, 6.07) is -0.406. The first-order chi connectivity index (χ1) is 11.0. The number of carbonyl (C=O) groups excluding carboxylic acids is 2. The maximum Gasteiger partial charge on any atom is 0.322 e. The quantitative estimate of drug-likeness (QED) is 0.779. The summed E-state index contributed by atoms with van der Waals surface area (Å²) in [5.74, 6) is 1.19. The zero-order valence-corrected chi connectivity index (χ0v) is 13.6. The van der Waals surface area contributed by atoms with Crippen LogP contribution in [0.3, 0.4) is 0 Å². The van der Waals surface area contributed by atoms with E-state index >= 15 is 0 Å². The fourth-order valence-electron chi connectivity index (χ4n) is 3.38. The average Bonchev–Trinajstić information content (AvgIpc) is 3.05. The molecular weight excluding hydrogens is 298 g/mol. The third kappa shape index (κ3) is 3.21. The first-order valence-corrected chi connectivity index (χ1v) is 8.18. The molecule has 8 nitrogen and oxygen atoms in total. The minimum absolute atomic E-state index is 0.0738. The Morgan fingerprint density at radius 3 is 2.96 bits per heavy atom. The minimum atomic E-state index is -0.833. The highest BCUT2D eigenvalue weighted by molar-refractivity contribution is 6.06. The fraction of sp³-hybridized carbons (Fsp3) is 0.733. The third-order valence-electron chi connectivity index (χ3n) is 4.73. The van der Waals surface area contributed by atoms with E-state index in [2.05, 4.69) is 32.6 Å². The minimum Gasteiger partial charge on any atom is -0.339 e. The molecule has 0 radical (unpaired) electrons. The van der Waals surface area contributed by atoms with Crippen LogP contribution in [0.15, 0.2) is 4.52 Å². The largest absolute Gasteiger partial charge is 0.339 e. The van der Waals surface area contributed by atoms with Crippen LogP contribution in [0, 0.1) is 5.92 Å². The van der Waals surface area contributed by atoms with Gasteiger partial charge >= 0.3 is 6.03 Å². The molecule has 0 spiro atoms. The summed E-state index contributed by atoms with van der Waals surface area (Å²) in [6.45, 7) is 6.13. The number of nitrogens with one attached hydrogen (secondary N) is 2. The number of imide groups is 1. The van der Waals surface area contributed by atoms with Gasteiger partial charge in [-0.25, -0.2) is 4.79 Å². The van der Waals surface area contributed by atoms with Crippen molar-refractivity contribution in [3.8, 4) is 0 Å². The Hall–Kier alpha value is -1.96. The molecule has 0 aliphatic carbocycles. The van der Waals surface area contributed by atoms with Crippen LogP contribution in [0.1, 0.15) is 44.8 Å². The van der Waals surface area contributed by atoms with Crippen LogP contribution in [0.5, 0.6) is 0 Å². The molecule has 3 heterocycles. The topological polar surface area (TPSA) is 100 Å². The number of piperidine rings is 1. The summed E-state index contributed by atoms with van der Waals surface area (Å²) >= 11 is 0. The summed E-state index contributed by atoms with van der Waals surface area (Å²) in [4.78, 5) is 30.2. The van der Waals surface area contributed by atoms with E-state index in [0.717, 1.165) is 38.8 Å². The molecule has 0 bridgehead atoms. The predicted octanol–water partition coefficient (Wildman–Crippen LogP) is 0.832. The zero-order valence-electron chi connectivity index (χ0n) is 13.6. The van der Waals surface area contributed by atoms with Gasteiger partial charge in [0.15, 0.2) is 5.82 Å². The highest BCUT2D eigenvalue weighted by atomic mass is 16.5. The van der Waals surface area contributed by atoms with E-state index in [4.69, 9.17) is 4.52 Å². The maximum absolute atomic E-state index is 12.1. The molecule has 126 valence electrons. The predicted molar refractivity (Wildman–Crippen MR) is 81.4 cm³/mol. The molecule has 23 heavy (non-hydrogen) atoms. The van der Waals surface area contributed by atoms with E-state index in [1.807, 2.05) is 0 Å². The number of carbonyl (C=O) groups is 2. The smallest absolute Gasteiger partial charge is 0.322 e. The lowest BCUT2D eigenvalue weighted by Gasteiger charge is -2.39. The summed E-state index contributed by atoms with van der Waals surface area (Å²) in [7, 11) is 0. The monoisotopic (exact) mass is 321 g/mol. The van der Waals surface area contributed by atoms with E-state index < -0.39 is 11.6 Å². The summed E-state index contributed by atoms with van der Waals surface area (Å²) < 4.78 is 5.22. The number of amides is 3. The van der Waals surface area contributed by atoms with Crippen LogP contribution in [-0.4, -0.2) is 45.6 Å². The van der Waals surface area contributed by atoms with Gasteiger partial charge in [-0.05, 0) is 32.7 Å². The fourth-order valence-corrected chi connectivity index (χ4v) is 3.38. The third-order valence-corrected chi connectivity index (χ3v) is 4.73. The van der Waals surface area contributed by atoms with Crippen molar-refractivity contribution >= 4 is 11.9 Å². The van der Waals surface area contributed by atoms with E-state index in [-0.39, 0.29) is 11.8 Å². The average molecular weight is 321 g/mol. The first-order valence-electron chi connectivity index (χ1n) is 8.18. The van der Waals surface area contributed by atoms with Crippen molar-refractivity contribution in [2.75, 3.05) is 13.1 Å². The molecule has 2 N–H and O–H groups in total. The molecule has 1 aromatic rings. The number of aromatic nitrogens is 2. The summed E-state index contributed by atoms with van der Waals surface area (Å²) in [5.41, 5.74) is -0.833. The van der Waals surface area contributed by atoms with E-state index in [1.54, 1.807) is 6.92 Å². The Balaban J connectivity index is 1.64. The molecular formula is C15H23N5O3. The van der Waals surface area contributed by atoms with Gasteiger partial charge in [-0.2, -0.15) is 4.98 Å². The highest BCUT2D eigenvalue weighted by Crippen LogP contribution is 2.30. The molecule has 8 heteroatoms. The number of hydrogen-bond acceptors (Lipinski definition) is 6. The van der Waals surface area contributed by atoms with Crippen molar-refractivity contribution in [3.63, 3.8) is 0 Å². The second kappa shape index (κ2) is 6.27. The van der Waals surface area contributed by atoms with Crippen molar-refractivity contribution in [2.24, 2.45) is 5.92 Å². The molecule has 3 rings (SSSR count).